The maximum Gasteiger partial charge on any atom is 0.326 e. The molecule has 0 bridgehead atoms. The van der Waals surface area contributed by atoms with Crippen molar-refractivity contribution < 1.29 is 19.8 Å². The molecule has 0 spiro atoms. The molecule has 1 unspecified atom stereocenters. The zero-order valence-electron chi connectivity index (χ0n) is 17.9. The molecule has 5 heteroatoms. The minimum absolute atomic E-state index is 0.00994. The van der Waals surface area contributed by atoms with E-state index in [1.165, 1.54) is 12.1 Å². The van der Waals surface area contributed by atoms with E-state index in [-0.39, 0.29) is 23.4 Å². The SMILES string of the molecule is CC(C)(C)c1ccc(C(=O)c2ccccc2NC(Cc2ccc(O)cc2)C(=O)O)cc1. The highest BCUT2D eigenvalue weighted by molar-refractivity contribution is 6.12. The number of nitrogens with one attached hydrogen (secondary N) is 1. The summed E-state index contributed by atoms with van der Waals surface area (Å²) < 4.78 is 0. The molecule has 5 nitrogen and oxygen atoms in total. The van der Waals surface area contributed by atoms with E-state index in [1.807, 2.05) is 24.3 Å². The lowest BCUT2D eigenvalue weighted by Gasteiger charge is -2.20. The lowest BCUT2D eigenvalue weighted by molar-refractivity contribution is -0.137. The second-order valence-corrected chi connectivity index (χ2v) is 8.61. The van der Waals surface area contributed by atoms with Gasteiger partial charge in [0.2, 0.25) is 0 Å². The van der Waals surface area contributed by atoms with Gasteiger partial charge in [-0.15, -0.1) is 0 Å². The van der Waals surface area contributed by atoms with Gasteiger partial charge < -0.3 is 15.5 Å². The first-order valence-corrected chi connectivity index (χ1v) is 10.2. The van der Waals surface area contributed by atoms with Crippen molar-refractivity contribution in [1.82, 2.24) is 0 Å². The lowest BCUT2D eigenvalue weighted by atomic mass is 9.86. The number of hydrogen-bond acceptors (Lipinski definition) is 4. The van der Waals surface area contributed by atoms with Crippen molar-refractivity contribution in [3.63, 3.8) is 0 Å². The van der Waals surface area contributed by atoms with Crippen molar-refractivity contribution >= 4 is 17.4 Å². The van der Waals surface area contributed by atoms with E-state index >= 15 is 0 Å². The zero-order valence-corrected chi connectivity index (χ0v) is 17.9. The van der Waals surface area contributed by atoms with Gasteiger partial charge in [-0.2, -0.15) is 0 Å². The second-order valence-electron chi connectivity index (χ2n) is 8.61. The van der Waals surface area contributed by atoms with Gasteiger partial charge in [0.25, 0.3) is 0 Å². The van der Waals surface area contributed by atoms with Crippen LogP contribution in [0.1, 0.15) is 47.8 Å². The molecule has 3 aromatic rings. The summed E-state index contributed by atoms with van der Waals surface area (Å²) in [6.45, 7) is 6.34. The second kappa shape index (κ2) is 9.04. The average molecular weight is 418 g/mol. The molecule has 3 rings (SSSR count). The first kappa shape index (κ1) is 22.1. The molecule has 0 radical (unpaired) electrons. The van der Waals surface area contributed by atoms with Gasteiger partial charge >= 0.3 is 5.97 Å². The molecule has 0 heterocycles. The fourth-order valence-corrected chi connectivity index (χ4v) is 3.34. The number of anilines is 1. The first-order chi connectivity index (χ1) is 14.6. The van der Waals surface area contributed by atoms with Crippen molar-refractivity contribution in [2.75, 3.05) is 5.32 Å². The van der Waals surface area contributed by atoms with Crippen LogP contribution in [0.4, 0.5) is 5.69 Å². The normalized spacial score (nSPS) is 12.2. The minimum Gasteiger partial charge on any atom is -0.508 e. The van der Waals surface area contributed by atoms with E-state index in [0.717, 1.165) is 11.1 Å². The largest absolute Gasteiger partial charge is 0.508 e. The van der Waals surface area contributed by atoms with Crippen LogP contribution in [0.15, 0.2) is 72.8 Å². The van der Waals surface area contributed by atoms with Gasteiger partial charge in [-0.05, 0) is 40.8 Å². The van der Waals surface area contributed by atoms with Crippen molar-refractivity contribution in [2.45, 2.75) is 38.6 Å². The zero-order chi connectivity index (χ0) is 22.6. The number of aliphatic carboxylic acids is 1. The summed E-state index contributed by atoms with van der Waals surface area (Å²) in [7, 11) is 0. The molecule has 0 aliphatic carbocycles. The minimum atomic E-state index is -1.02. The molecule has 0 saturated carbocycles. The Morgan fingerprint density at radius 1 is 0.903 bits per heavy atom. The van der Waals surface area contributed by atoms with Crippen LogP contribution in [0.5, 0.6) is 5.75 Å². The number of phenolic OH excluding ortho intramolecular Hbond substituents is 1. The van der Waals surface area contributed by atoms with E-state index in [0.29, 0.717) is 16.8 Å². The highest BCUT2D eigenvalue weighted by atomic mass is 16.4. The van der Waals surface area contributed by atoms with Gasteiger partial charge in [-0.25, -0.2) is 4.79 Å². The Morgan fingerprint density at radius 3 is 2.10 bits per heavy atom. The van der Waals surface area contributed by atoms with Crippen LogP contribution in [0.3, 0.4) is 0 Å². The van der Waals surface area contributed by atoms with Gasteiger partial charge in [0.15, 0.2) is 5.78 Å². The fourth-order valence-electron chi connectivity index (χ4n) is 3.34. The molecule has 160 valence electrons. The molecule has 0 aromatic heterocycles. The summed E-state index contributed by atoms with van der Waals surface area (Å²) in [5, 5.41) is 22.2. The Labute approximate surface area is 182 Å². The number of para-hydroxylation sites is 1. The van der Waals surface area contributed by atoms with E-state index in [1.54, 1.807) is 36.4 Å². The van der Waals surface area contributed by atoms with E-state index in [2.05, 4.69) is 26.1 Å². The van der Waals surface area contributed by atoms with E-state index in [4.69, 9.17) is 0 Å². The van der Waals surface area contributed by atoms with Crippen molar-refractivity contribution in [3.8, 4) is 5.75 Å². The van der Waals surface area contributed by atoms with Crippen molar-refractivity contribution in [3.05, 3.63) is 95.1 Å². The van der Waals surface area contributed by atoms with Gasteiger partial charge in [-0.1, -0.05) is 69.3 Å². The summed E-state index contributed by atoms with van der Waals surface area (Å²) in [4.78, 5) is 25.0. The number of carboxylic acid groups (broad SMARTS) is 1. The predicted octanol–water partition coefficient (Wildman–Crippen LogP) is 5.03. The molecule has 0 fully saturated rings. The molecule has 0 saturated heterocycles. The van der Waals surface area contributed by atoms with Crippen molar-refractivity contribution in [1.29, 1.82) is 0 Å². The van der Waals surface area contributed by atoms with E-state index < -0.39 is 12.0 Å². The molecular weight excluding hydrogens is 390 g/mol. The molecular formula is C26H27NO4. The summed E-state index contributed by atoms with van der Waals surface area (Å²) in [5.74, 6) is -1.07. The number of phenols is 1. The molecule has 1 atom stereocenters. The highest BCUT2D eigenvalue weighted by Gasteiger charge is 2.22. The molecule has 31 heavy (non-hydrogen) atoms. The number of carbonyl (C=O) groups is 2. The monoisotopic (exact) mass is 417 g/mol. The van der Waals surface area contributed by atoms with Gasteiger partial charge in [-0.3, -0.25) is 4.79 Å². The molecule has 0 amide bonds. The van der Waals surface area contributed by atoms with Gasteiger partial charge in [0.05, 0.1) is 0 Å². The Balaban J connectivity index is 1.85. The van der Waals surface area contributed by atoms with Crippen LogP contribution >= 0.6 is 0 Å². The van der Waals surface area contributed by atoms with Crippen LogP contribution in [0, 0.1) is 0 Å². The Morgan fingerprint density at radius 2 is 1.52 bits per heavy atom. The van der Waals surface area contributed by atoms with Crippen LogP contribution in [0.25, 0.3) is 0 Å². The Hall–Kier alpha value is -3.60. The van der Waals surface area contributed by atoms with Crippen LogP contribution < -0.4 is 5.32 Å². The quantitative estimate of drug-likeness (QED) is 0.470. The third kappa shape index (κ3) is 5.51. The predicted molar refractivity (Wildman–Crippen MR) is 122 cm³/mol. The summed E-state index contributed by atoms with van der Waals surface area (Å²) >= 11 is 0. The number of carboxylic acids is 1. The van der Waals surface area contributed by atoms with Gasteiger partial charge in [0.1, 0.15) is 11.8 Å². The van der Waals surface area contributed by atoms with Crippen LogP contribution in [-0.4, -0.2) is 28.0 Å². The Bertz CT molecular complexity index is 1060. The third-order valence-corrected chi connectivity index (χ3v) is 5.19. The van der Waals surface area contributed by atoms with Crippen molar-refractivity contribution in [2.24, 2.45) is 0 Å². The molecule has 3 N–H and O–H groups in total. The molecule has 0 aliphatic rings. The van der Waals surface area contributed by atoms with Crippen LogP contribution in [0.2, 0.25) is 0 Å². The number of aromatic hydroxyl groups is 1. The Kier molecular flexibility index (Phi) is 6.44. The number of ketones is 1. The highest BCUT2D eigenvalue weighted by Crippen LogP contribution is 2.25. The molecule has 0 aliphatic heterocycles. The maximum absolute atomic E-state index is 13.2. The van der Waals surface area contributed by atoms with Gasteiger partial charge in [0, 0.05) is 23.2 Å². The van der Waals surface area contributed by atoms with Crippen LogP contribution in [-0.2, 0) is 16.6 Å². The average Bonchev–Trinajstić information content (AvgIpc) is 2.74. The maximum atomic E-state index is 13.2. The summed E-state index contributed by atoms with van der Waals surface area (Å²) in [6.07, 6.45) is 0.207. The lowest BCUT2D eigenvalue weighted by Crippen LogP contribution is -2.32. The summed E-state index contributed by atoms with van der Waals surface area (Å²) in [5.41, 5.74) is 3.33. The number of benzene rings is 3. The number of rotatable bonds is 7. The number of carbonyl (C=O) groups excluding carboxylic acids is 1. The molecule has 3 aromatic carbocycles. The smallest absolute Gasteiger partial charge is 0.326 e. The first-order valence-electron chi connectivity index (χ1n) is 10.2. The fraction of sp³-hybridized carbons (Fsp3) is 0.231. The number of hydrogen-bond donors (Lipinski definition) is 3. The standard InChI is InChI=1S/C26H27NO4/c1-26(2,3)19-12-10-18(11-13-19)24(29)21-6-4-5-7-22(21)27-23(25(30)31)16-17-8-14-20(28)15-9-17/h4-15,23,27-28H,16H2,1-3H3,(H,30,31). The summed E-state index contributed by atoms with van der Waals surface area (Å²) in [6, 6.07) is 19.9. The third-order valence-electron chi connectivity index (χ3n) is 5.19. The van der Waals surface area contributed by atoms with E-state index in [9.17, 15) is 19.8 Å². The topological polar surface area (TPSA) is 86.6 Å².